The van der Waals surface area contributed by atoms with Crippen molar-refractivity contribution in [2.45, 2.75) is 24.7 Å². The average Bonchev–Trinajstić information content (AvgIpc) is 3.60. The molecule has 32 heavy (non-hydrogen) atoms. The summed E-state index contributed by atoms with van der Waals surface area (Å²) in [6.45, 7) is 1.26. The zero-order valence-electron chi connectivity index (χ0n) is 17.2. The molecule has 3 atom stereocenters. The van der Waals surface area contributed by atoms with Gasteiger partial charge in [-0.25, -0.2) is 9.97 Å². The van der Waals surface area contributed by atoms with Crippen molar-refractivity contribution in [2.75, 3.05) is 13.2 Å². The van der Waals surface area contributed by atoms with E-state index >= 15 is 0 Å². The van der Waals surface area contributed by atoms with Crippen LogP contribution in [0.15, 0.2) is 67.0 Å². The van der Waals surface area contributed by atoms with Gasteiger partial charge in [-0.3, -0.25) is 10.1 Å². The number of aromatic nitrogens is 5. The standard InChI is InChI=1S/C24H21N5O3/c1-2-4-15(5-3-1)23-27-24(29-28-23)17-6-8-18(25-13-17)16-7-9-21(26-12-16)32-20-14-31-19-10-11-30-22(19)20/h1-9,12-13,19-20,22H,10-11,14H2,(H,27,28,29)/t19-,20+,22+/m1/s1. The minimum absolute atomic E-state index is 0.00347. The highest BCUT2D eigenvalue weighted by Gasteiger charge is 2.43. The molecule has 5 heterocycles. The zero-order valence-corrected chi connectivity index (χ0v) is 17.2. The van der Waals surface area contributed by atoms with Crippen LogP contribution in [0.1, 0.15) is 6.42 Å². The smallest absolute Gasteiger partial charge is 0.213 e. The predicted molar refractivity (Wildman–Crippen MR) is 117 cm³/mol. The lowest BCUT2D eigenvalue weighted by Gasteiger charge is -2.17. The van der Waals surface area contributed by atoms with Gasteiger partial charge in [-0.2, -0.15) is 5.10 Å². The molecule has 0 spiro atoms. The molecule has 2 aliphatic rings. The maximum atomic E-state index is 5.99. The van der Waals surface area contributed by atoms with Crippen molar-refractivity contribution in [2.24, 2.45) is 0 Å². The summed E-state index contributed by atoms with van der Waals surface area (Å²) >= 11 is 0. The topological polar surface area (TPSA) is 95.0 Å². The summed E-state index contributed by atoms with van der Waals surface area (Å²) in [6.07, 6.45) is 4.50. The van der Waals surface area contributed by atoms with Crippen LogP contribution in [0.25, 0.3) is 34.0 Å². The van der Waals surface area contributed by atoms with Crippen molar-refractivity contribution in [1.82, 2.24) is 25.1 Å². The van der Waals surface area contributed by atoms with Crippen LogP contribution in [0, 0.1) is 0 Å². The van der Waals surface area contributed by atoms with Crippen molar-refractivity contribution < 1.29 is 14.2 Å². The van der Waals surface area contributed by atoms with E-state index in [-0.39, 0.29) is 18.3 Å². The molecule has 1 N–H and O–H groups in total. The quantitative estimate of drug-likeness (QED) is 0.521. The molecule has 160 valence electrons. The molecule has 0 radical (unpaired) electrons. The third-order valence-electron chi connectivity index (χ3n) is 5.78. The fourth-order valence-electron chi connectivity index (χ4n) is 4.10. The summed E-state index contributed by atoms with van der Waals surface area (Å²) in [5.74, 6) is 1.90. The molecule has 4 aromatic rings. The Morgan fingerprint density at radius 2 is 1.75 bits per heavy atom. The van der Waals surface area contributed by atoms with E-state index in [1.165, 1.54) is 0 Å². The Morgan fingerprint density at radius 1 is 0.875 bits per heavy atom. The molecular weight excluding hydrogens is 406 g/mol. The number of hydrogen-bond donors (Lipinski definition) is 1. The van der Waals surface area contributed by atoms with Gasteiger partial charge in [-0.15, -0.1) is 0 Å². The average molecular weight is 427 g/mol. The number of nitrogens with one attached hydrogen (secondary N) is 1. The normalized spacial score (nSPS) is 22.1. The maximum Gasteiger partial charge on any atom is 0.213 e. The van der Waals surface area contributed by atoms with E-state index in [0.29, 0.717) is 18.3 Å². The van der Waals surface area contributed by atoms with Crippen molar-refractivity contribution in [3.63, 3.8) is 0 Å². The second-order valence-electron chi connectivity index (χ2n) is 7.84. The highest BCUT2D eigenvalue weighted by molar-refractivity contribution is 5.64. The van der Waals surface area contributed by atoms with Gasteiger partial charge in [0.25, 0.3) is 0 Å². The largest absolute Gasteiger partial charge is 0.469 e. The molecule has 2 fully saturated rings. The van der Waals surface area contributed by atoms with Gasteiger partial charge in [-0.05, 0) is 24.6 Å². The van der Waals surface area contributed by atoms with Crippen LogP contribution in [-0.4, -0.2) is 56.7 Å². The number of aromatic amines is 1. The first-order valence-electron chi connectivity index (χ1n) is 10.6. The molecule has 0 bridgehead atoms. The summed E-state index contributed by atoms with van der Waals surface area (Å²) in [4.78, 5) is 13.6. The Balaban J connectivity index is 1.15. The monoisotopic (exact) mass is 427 g/mol. The Labute approximate surface area is 184 Å². The third kappa shape index (κ3) is 3.63. The van der Waals surface area contributed by atoms with E-state index in [2.05, 4.69) is 25.1 Å². The molecule has 0 saturated carbocycles. The lowest BCUT2D eigenvalue weighted by atomic mass is 10.1. The first-order chi connectivity index (χ1) is 15.8. The summed E-state index contributed by atoms with van der Waals surface area (Å²) in [5.41, 5.74) is 3.55. The van der Waals surface area contributed by atoms with Gasteiger partial charge in [0.05, 0.1) is 18.4 Å². The lowest BCUT2D eigenvalue weighted by molar-refractivity contribution is 0.0289. The van der Waals surface area contributed by atoms with Crippen molar-refractivity contribution in [1.29, 1.82) is 0 Å². The predicted octanol–water partition coefficient (Wildman–Crippen LogP) is 3.53. The highest BCUT2D eigenvalue weighted by atomic mass is 16.6. The molecule has 0 unspecified atom stereocenters. The molecule has 8 nitrogen and oxygen atoms in total. The van der Waals surface area contributed by atoms with Crippen LogP contribution in [0.2, 0.25) is 0 Å². The molecule has 0 amide bonds. The van der Waals surface area contributed by atoms with Crippen LogP contribution in [-0.2, 0) is 9.47 Å². The number of benzene rings is 1. The van der Waals surface area contributed by atoms with Crippen molar-refractivity contribution >= 4 is 0 Å². The second kappa shape index (κ2) is 8.14. The molecule has 0 aliphatic carbocycles. The van der Waals surface area contributed by atoms with E-state index < -0.39 is 0 Å². The van der Waals surface area contributed by atoms with Gasteiger partial charge < -0.3 is 14.2 Å². The Bertz CT molecular complexity index is 1190. The van der Waals surface area contributed by atoms with Crippen molar-refractivity contribution in [3.8, 4) is 39.9 Å². The molecule has 8 heteroatoms. The maximum absolute atomic E-state index is 5.99. The van der Waals surface area contributed by atoms with Gasteiger partial charge in [0.1, 0.15) is 6.10 Å². The molecule has 3 aromatic heterocycles. The second-order valence-corrected chi connectivity index (χ2v) is 7.84. The molecular formula is C24H21N5O3. The van der Waals surface area contributed by atoms with Gasteiger partial charge >= 0.3 is 0 Å². The minimum atomic E-state index is -0.111. The van der Waals surface area contributed by atoms with E-state index in [9.17, 15) is 0 Å². The van der Waals surface area contributed by atoms with Gasteiger partial charge in [0, 0.05) is 41.8 Å². The molecule has 2 saturated heterocycles. The van der Waals surface area contributed by atoms with E-state index in [1.807, 2.05) is 54.6 Å². The Kier molecular flexibility index (Phi) is 4.86. The lowest BCUT2D eigenvalue weighted by Crippen LogP contribution is -2.32. The number of nitrogens with zero attached hydrogens (tertiary/aromatic N) is 4. The van der Waals surface area contributed by atoms with Gasteiger partial charge in [-0.1, -0.05) is 30.3 Å². The first kappa shape index (κ1) is 19.1. The van der Waals surface area contributed by atoms with Crippen molar-refractivity contribution in [3.05, 3.63) is 67.0 Å². The van der Waals surface area contributed by atoms with Gasteiger partial charge in [0.2, 0.25) is 5.88 Å². The number of ether oxygens (including phenoxy) is 3. The summed E-state index contributed by atoms with van der Waals surface area (Å²) in [6, 6.07) is 17.6. The number of rotatable bonds is 5. The van der Waals surface area contributed by atoms with Crippen LogP contribution < -0.4 is 4.74 Å². The number of fused-ring (bicyclic) bond motifs is 1. The molecule has 2 aliphatic heterocycles. The van der Waals surface area contributed by atoms with Crippen LogP contribution in [0.4, 0.5) is 0 Å². The van der Waals surface area contributed by atoms with Crippen LogP contribution >= 0.6 is 0 Å². The fourth-order valence-corrected chi connectivity index (χ4v) is 4.10. The molecule has 1 aromatic carbocycles. The summed E-state index contributed by atoms with van der Waals surface area (Å²) < 4.78 is 17.5. The summed E-state index contributed by atoms with van der Waals surface area (Å²) in [5, 5.41) is 7.31. The third-order valence-corrected chi connectivity index (χ3v) is 5.78. The van der Waals surface area contributed by atoms with E-state index in [4.69, 9.17) is 14.2 Å². The first-order valence-corrected chi connectivity index (χ1v) is 10.6. The SMILES string of the molecule is c1ccc(-c2nc(-c3ccc(-c4ccc(O[C@H]5CO[C@@H]6CCO[C@H]56)nc4)nc3)n[nH]2)cc1. The highest BCUT2D eigenvalue weighted by Crippen LogP contribution is 2.29. The summed E-state index contributed by atoms with van der Waals surface area (Å²) in [7, 11) is 0. The zero-order chi connectivity index (χ0) is 21.3. The Morgan fingerprint density at radius 3 is 2.56 bits per heavy atom. The van der Waals surface area contributed by atoms with E-state index in [0.717, 1.165) is 41.2 Å². The fraction of sp³-hybridized carbons (Fsp3) is 0.250. The number of hydrogen-bond acceptors (Lipinski definition) is 7. The van der Waals surface area contributed by atoms with E-state index in [1.54, 1.807) is 12.4 Å². The minimum Gasteiger partial charge on any atom is -0.469 e. The Hall–Kier alpha value is -3.62. The van der Waals surface area contributed by atoms with Crippen LogP contribution in [0.3, 0.4) is 0 Å². The van der Waals surface area contributed by atoms with Crippen LogP contribution in [0.5, 0.6) is 5.88 Å². The number of pyridine rings is 2. The molecule has 6 rings (SSSR count). The number of H-pyrrole nitrogens is 1. The van der Waals surface area contributed by atoms with Gasteiger partial charge in [0.15, 0.2) is 17.8 Å².